The molecule has 1 aromatic carbocycles. The van der Waals surface area contributed by atoms with E-state index in [-0.39, 0.29) is 43.2 Å². The number of halogens is 3. The maximum Gasteiger partial charge on any atom is 0.337 e. The largest absolute Gasteiger partial charge is 0.465 e. The molecule has 2 fully saturated rings. The number of rotatable bonds is 10. The molecule has 2 saturated carbocycles. The van der Waals surface area contributed by atoms with Gasteiger partial charge in [0.25, 0.3) is 0 Å². The van der Waals surface area contributed by atoms with Crippen molar-refractivity contribution in [1.29, 1.82) is 0 Å². The summed E-state index contributed by atoms with van der Waals surface area (Å²) in [6, 6.07) is 8.56. The maximum absolute atomic E-state index is 11.6. The molecule has 222 valence electrons. The highest BCUT2D eigenvalue weighted by molar-refractivity contribution is 5.89. The SMILES string of the molecule is COC(=O)c1ccc(CNCCNc2nc(NC3CCC(N)CC3)nc3c2ncn3C2CCCC2)cc1.Cl.Cl.Cl. The molecule has 0 atom stereocenters. The van der Waals surface area contributed by atoms with Crippen LogP contribution < -0.4 is 21.7 Å². The molecule has 10 nitrogen and oxygen atoms in total. The summed E-state index contributed by atoms with van der Waals surface area (Å²) in [5, 5.41) is 10.5. The number of carbonyl (C=O) groups excluding carboxylic acids is 1. The van der Waals surface area contributed by atoms with Crippen molar-refractivity contribution in [3.63, 3.8) is 0 Å². The fourth-order valence-electron chi connectivity index (χ4n) is 5.38. The molecular weight excluding hydrogens is 575 g/mol. The number of esters is 1. The Bertz CT molecular complexity index is 1200. The number of carbonyl (C=O) groups is 1. The monoisotopic (exact) mass is 614 g/mol. The van der Waals surface area contributed by atoms with Crippen LogP contribution in [0.25, 0.3) is 11.2 Å². The van der Waals surface area contributed by atoms with Crippen LogP contribution in [0.1, 0.15) is 73.3 Å². The van der Waals surface area contributed by atoms with Crippen molar-refractivity contribution in [2.45, 2.75) is 76.0 Å². The Kier molecular flexibility index (Phi) is 13.7. The highest BCUT2D eigenvalue weighted by Crippen LogP contribution is 2.33. The zero-order valence-corrected chi connectivity index (χ0v) is 25.3. The predicted octanol–water partition coefficient (Wildman–Crippen LogP) is 4.88. The van der Waals surface area contributed by atoms with Gasteiger partial charge in [-0.2, -0.15) is 9.97 Å². The Balaban J connectivity index is 0.00000187. The summed E-state index contributed by atoms with van der Waals surface area (Å²) in [6.45, 7) is 2.15. The Morgan fingerprint density at radius 1 is 1.00 bits per heavy atom. The van der Waals surface area contributed by atoms with Gasteiger partial charge in [0, 0.05) is 37.8 Å². The first-order chi connectivity index (χ1) is 18.1. The number of methoxy groups -OCH3 is 1. The fourth-order valence-corrected chi connectivity index (χ4v) is 5.38. The van der Waals surface area contributed by atoms with Gasteiger partial charge in [0.05, 0.1) is 19.0 Å². The molecular formula is C27H41Cl3N8O2. The lowest BCUT2D eigenvalue weighted by Gasteiger charge is -2.27. The van der Waals surface area contributed by atoms with Crippen molar-refractivity contribution in [1.82, 2.24) is 24.8 Å². The number of nitrogens with one attached hydrogen (secondary N) is 3. The van der Waals surface area contributed by atoms with Crippen molar-refractivity contribution in [2.24, 2.45) is 5.73 Å². The smallest absolute Gasteiger partial charge is 0.337 e. The van der Waals surface area contributed by atoms with E-state index in [0.717, 1.165) is 54.8 Å². The van der Waals surface area contributed by atoms with Gasteiger partial charge in [0.2, 0.25) is 5.95 Å². The lowest BCUT2D eigenvalue weighted by atomic mass is 9.92. The number of anilines is 2. The zero-order valence-electron chi connectivity index (χ0n) is 22.8. The highest BCUT2D eigenvalue weighted by atomic mass is 35.5. The molecule has 2 heterocycles. The lowest BCUT2D eigenvalue weighted by molar-refractivity contribution is 0.0600. The summed E-state index contributed by atoms with van der Waals surface area (Å²) >= 11 is 0. The first-order valence-electron chi connectivity index (χ1n) is 13.5. The minimum absolute atomic E-state index is 0. The molecule has 0 bridgehead atoms. The van der Waals surface area contributed by atoms with Gasteiger partial charge in [-0.25, -0.2) is 9.78 Å². The van der Waals surface area contributed by atoms with Crippen LogP contribution in [0.2, 0.25) is 0 Å². The van der Waals surface area contributed by atoms with E-state index in [1.54, 1.807) is 12.1 Å². The molecule has 0 saturated heterocycles. The van der Waals surface area contributed by atoms with E-state index < -0.39 is 0 Å². The number of aromatic nitrogens is 4. The van der Waals surface area contributed by atoms with Crippen LogP contribution in [0.3, 0.4) is 0 Å². The second-order valence-electron chi connectivity index (χ2n) is 10.2. The molecule has 2 aromatic heterocycles. The van der Waals surface area contributed by atoms with Crippen LogP contribution in [0.15, 0.2) is 30.6 Å². The van der Waals surface area contributed by atoms with Gasteiger partial charge in [-0.15, -0.1) is 37.2 Å². The van der Waals surface area contributed by atoms with E-state index in [9.17, 15) is 4.79 Å². The summed E-state index contributed by atoms with van der Waals surface area (Å²) in [5.74, 6) is 1.10. The molecule has 0 amide bonds. The number of ether oxygens (including phenoxy) is 1. The summed E-state index contributed by atoms with van der Waals surface area (Å²) in [7, 11) is 1.39. The molecule has 0 radical (unpaired) electrons. The molecule has 5 rings (SSSR count). The van der Waals surface area contributed by atoms with Crippen LogP contribution >= 0.6 is 37.2 Å². The Hall–Kier alpha value is -2.37. The summed E-state index contributed by atoms with van der Waals surface area (Å²) < 4.78 is 7.00. The molecule has 2 aliphatic rings. The van der Waals surface area contributed by atoms with Gasteiger partial charge in [-0.3, -0.25) is 0 Å². The van der Waals surface area contributed by atoms with Crippen molar-refractivity contribution in [3.8, 4) is 0 Å². The molecule has 40 heavy (non-hydrogen) atoms. The van der Waals surface area contributed by atoms with E-state index >= 15 is 0 Å². The number of benzene rings is 1. The van der Waals surface area contributed by atoms with E-state index in [0.29, 0.717) is 42.7 Å². The second kappa shape index (κ2) is 16.2. The van der Waals surface area contributed by atoms with Gasteiger partial charge in [-0.1, -0.05) is 25.0 Å². The first-order valence-corrected chi connectivity index (χ1v) is 13.5. The average Bonchev–Trinajstić information content (AvgIpc) is 3.60. The molecule has 0 aliphatic heterocycles. The van der Waals surface area contributed by atoms with Crippen molar-refractivity contribution < 1.29 is 9.53 Å². The summed E-state index contributed by atoms with van der Waals surface area (Å²) in [6.07, 6.45) is 10.9. The van der Waals surface area contributed by atoms with Crippen LogP contribution in [0.5, 0.6) is 0 Å². The van der Waals surface area contributed by atoms with Crippen LogP contribution in [-0.4, -0.2) is 57.8 Å². The number of nitrogens with two attached hydrogens (primary N) is 1. The average molecular weight is 616 g/mol. The van der Waals surface area contributed by atoms with Crippen molar-refractivity contribution in [2.75, 3.05) is 30.8 Å². The van der Waals surface area contributed by atoms with E-state index in [4.69, 9.17) is 25.4 Å². The molecule has 3 aromatic rings. The third kappa shape index (κ3) is 8.33. The number of hydrogen-bond acceptors (Lipinski definition) is 9. The number of nitrogens with zero attached hydrogens (tertiary/aromatic N) is 4. The molecule has 0 unspecified atom stereocenters. The zero-order chi connectivity index (χ0) is 25.6. The van der Waals surface area contributed by atoms with Gasteiger partial charge in [-0.05, 0) is 56.2 Å². The van der Waals surface area contributed by atoms with E-state index in [1.165, 1.54) is 32.8 Å². The van der Waals surface area contributed by atoms with Crippen molar-refractivity contribution >= 4 is 66.1 Å². The molecule has 5 N–H and O–H groups in total. The Morgan fingerprint density at radius 3 is 2.38 bits per heavy atom. The number of imidazole rings is 1. The number of hydrogen-bond donors (Lipinski definition) is 4. The Labute approximate surface area is 254 Å². The fraction of sp³-hybridized carbons (Fsp3) is 0.556. The minimum Gasteiger partial charge on any atom is -0.465 e. The second-order valence-corrected chi connectivity index (χ2v) is 10.2. The predicted molar refractivity (Wildman–Crippen MR) is 166 cm³/mol. The third-order valence-electron chi connectivity index (χ3n) is 7.54. The molecule has 2 aliphatic carbocycles. The van der Waals surface area contributed by atoms with Gasteiger partial charge in [0.1, 0.15) is 0 Å². The Morgan fingerprint density at radius 2 is 1.70 bits per heavy atom. The standard InChI is InChI=1S/C27H38N8O2.3ClH/c1-37-26(36)19-8-6-18(7-9-19)16-29-14-15-30-24-23-25(35(17-31-23)22-4-2-3-5-22)34-27(33-24)32-21-12-10-20(28)11-13-21;;;/h6-9,17,20-22,29H,2-5,10-16,28H2,1H3,(H2,30,32,33,34);3*1H. The normalized spacial score (nSPS) is 18.8. The van der Waals surface area contributed by atoms with Crippen LogP contribution in [0, 0.1) is 0 Å². The van der Waals surface area contributed by atoms with Gasteiger partial charge >= 0.3 is 5.97 Å². The lowest BCUT2D eigenvalue weighted by Crippen LogP contribution is -2.33. The highest BCUT2D eigenvalue weighted by Gasteiger charge is 2.23. The molecule has 0 spiro atoms. The van der Waals surface area contributed by atoms with Crippen LogP contribution in [0.4, 0.5) is 11.8 Å². The molecule has 13 heteroatoms. The van der Waals surface area contributed by atoms with Gasteiger partial charge in [0.15, 0.2) is 17.0 Å². The van der Waals surface area contributed by atoms with E-state index in [1.807, 2.05) is 18.5 Å². The maximum atomic E-state index is 11.6. The topological polar surface area (TPSA) is 132 Å². The minimum atomic E-state index is -0.323. The van der Waals surface area contributed by atoms with Crippen LogP contribution in [-0.2, 0) is 11.3 Å². The summed E-state index contributed by atoms with van der Waals surface area (Å²) in [5.41, 5.74) is 9.48. The van der Waals surface area contributed by atoms with Gasteiger partial charge < -0.3 is 31.0 Å². The first kappa shape index (κ1) is 33.8. The van der Waals surface area contributed by atoms with E-state index in [2.05, 4.69) is 20.5 Å². The summed E-state index contributed by atoms with van der Waals surface area (Å²) in [4.78, 5) is 26.1. The quantitative estimate of drug-likeness (QED) is 0.186. The van der Waals surface area contributed by atoms with Crippen molar-refractivity contribution in [3.05, 3.63) is 41.7 Å². The third-order valence-corrected chi connectivity index (χ3v) is 7.54. The number of fused-ring (bicyclic) bond motifs is 1.